The molecule has 18 heavy (non-hydrogen) atoms. The number of aryl methyl sites for hydroxylation is 1. The zero-order valence-electron chi connectivity index (χ0n) is 11.3. The lowest BCUT2D eigenvalue weighted by Gasteiger charge is -2.12. The second-order valence-corrected chi connectivity index (χ2v) is 4.96. The number of nitrogens with zero attached hydrogens (tertiary/aromatic N) is 1. The Balaban J connectivity index is 1.69. The normalized spacial score (nSPS) is 12.6. The molecule has 1 atom stereocenters. The fraction of sp³-hybridized carbons (Fsp3) is 0.375. The van der Waals surface area contributed by atoms with Gasteiger partial charge in [-0.05, 0) is 36.1 Å². The van der Waals surface area contributed by atoms with Gasteiger partial charge in [0.1, 0.15) is 0 Å². The van der Waals surface area contributed by atoms with Gasteiger partial charge in [-0.2, -0.15) is 0 Å². The van der Waals surface area contributed by atoms with Gasteiger partial charge in [0.2, 0.25) is 0 Å². The van der Waals surface area contributed by atoms with Crippen LogP contribution in [-0.2, 0) is 13.6 Å². The Morgan fingerprint density at radius 2 is 1.94 bits per heavy atom. The van der Waals surface area contributed by atoms with Crippen molar-refractivity contribution in [1.82, 2.24) is 9.88 Å². The highest BCUT2D eigenvalue weighted by molar-refractivity contribution is 5.18. The van der Waals surface area contributed by atoms with Crippen LogP contribution in [0.2, 0.25) is 0 Å². The van der Waals surface area contributed by atoms with Gasteiger partial charge in [-0.15, -0.1) is 0 Å². The zero-order valence-corrected chi connectivity index (χ0v) is 11.3. The smallest absolute Gasteiger partial charge is 0.0220 e. The third-order valence-corrected chi connectivity index (χ3v) is 3.35. The largest absolute Gasteiger partial charge is 0.357 e. The van der Waals surface area contributed by atoms with Crippen LogP contribution in [0.25, 0.3) is 0 Å². The van der Waals surface area contributed by atoms with Crippen molar-refractivity contribution in [2.75, 3.05) is 6.54 Å². The summed E-state index contributed by atoms with van der Waals surface area (Å²) in [5, 5.41) is 3.50. The summed E-state index contributed by atoms with van der Waals surface area (Å²) in [7, 11) is 2.06. The molecule has 0 radical (unpaired) electrons. The van der Waals surface area contributed by atoms with Crippen LogP contribution in [0.3, 0.4) is 0 Å². The van der Waals surface area contributed by atoms with Gasteiger partial charge in [0.25, 0.3) is 0 Å². The molecule has 2 rings (SSSR count). The first-order chi connectivity index (χ1) is 8.75. The first kappa shape index (κ1) is 12.9. The Labute approximate surface area is 110 Å². The molecule has 1 aromatic heterocycles. The van der Waals surface area contributed by atoms with E-state index in [4.69, 9.17) is 0 Å². The summed E-state index contributed by atoms with van der Waals surface area (Å²) in [5.41, 5.74) is 2.78. The minimum Gasteiger partial charge on any atom is -0.357 e. The van der Waals surface area contributed by atoms with Crippen molar-refractivity contribution in [3.05, 3.63) is 59.9 Å². The van der Waals surface area contributed by atoms with E-state index in [1.807, 2.05) is 0 Å². The maximum atomic E-state index is 3.50. The third kappa shape index (κ3) is 3.74. The van der Waals surface area contributed by atoms with Gasteiger partial charge in [-0.25, -0.2) is 0 Å². The van der Waals surface area contributed by atoms with Crippen LogP contribution >= 0.6 is 0 Å². The molecule has 0 bridgehead atoms. The summed E-state index contributed by atoms with van der Waals surface area (Å²) in [5.74, 6) is 0.620. The monoisotopic (exact) mass is 242 g/mol. The molecule has 0 saturated heterocycles. The second-order valence-electron chi connectivity index (χ2n) is 4.96. The standard InChI is InChI=1S/C16H22N2/c1-14(16-6-4-3-5-7-16)8-10-17-12-15-9-11-18(2)13-15/h3-7,9,11,13-14,17H,8,10,12H2,1-2H3. The molecular weight excluding hydrogens is 220 g/mol. The molecule has 0 saturated carbocycles. The van der Waals surface area contributed by atoms with Crippen LogP contribution < -0.4 is 5.32 Å². The second kappa shape index (κ2) is 6.41. The molecule has 0 spiro atoms. The average Bonchev–Trinajstić information content (AvgIpc) is 2.81. The summed E-state index contributed by atoms with van der Waals surface area (Å²) in [6.45, 7) is 4.31. The summed E-state index contributed by atoms with van der Waals surface area (Å²) in [6.07, 6.45) is 5.42. The predicted octanol–water partition coefficient (Wildman–Crippen LogP) is 3.31. The summed E-state index contributed by atoms with van der Waals surface area (Å²) >= 11 is 0. The van der Waals surface area contributed by atoms with E-state index in [0.29, 0.717) is 5.92 Å². The molecule has 0 aliphatic rings. The molecule has 96 valence electrons. The molecule has 2 nitrogen and oxygen atoms in total. The lowest BCUT2D eigenvalue weighted by molar-refractivity contribution is 0.594. The van der Waals surface area contributed by atoms with Crippen molar-refractivity contribution in [2.24, 2.45) is 7.05 Å². The molecule has 0 fully saturated rings. The molecule has 2 aromatic rings. The van der Waals surface area contributed by atoms with Crippen LogP contribution in [0, 0.1) is 0 Å². The third-order valence-electron chi connectivity index (χ3n) is 3.35. The number of nitrogens with one attached hydrogen (secondary N) is 1. The molecule has 1 N–H and O–H groups in total. The molecule has 0 aliphatic heterocycles. The van der Waals surface area contributed by atoms with Crippen molar-refractivity contribution in [1.29, 1.82) is 0 Å². The Hall–Kier alpha value is -1.54. The van der Waals surface area contributed by atoms with Gasteiger partial charge in [-0.1, -0.05) is 37.3 Å². The predicted molar refractivity (Wildman–Crippen MR) is 76.6 cm³/mol. The van der Waals surface area contributed by atoms with Crippen LogP contribution in [0.4, 0.5) is 0 Å². The van der Waals surface area contributed by atoms with Gasteiger partial charge in [0.05, 0.1) is 0 Å². The molecule has 1 aromatic carbocycles. The first-order valence-corrected chi connectivity index (χ1v) is 6.62. The van der Waals surface area contributed by atoms with Gasteiger partial charge in [0, 0.05) is 26.0 Å². The van der Waals surface area contributed by atoms with Crippen LogP contribution in [-0.4, -0.2) is 11.1 Å². The Kier molecular flexibility index (Phi) is 4.59. The van der Waals surface area contributed by atoms with Crippen LogP contribution in [0.1, 0.15) is 30.4 Å². The fourth-order valence-electron chi connectivity index (χ4n) is 2.17. The molecule has 2 heteroatoms. The minimum absolute atomic E-state index is 0.620. The van der Waals surface area contributed by atoms with Crippen LogP contribution in [0.5, 0.6) is 0 Å². The van der Waals surface area contributed by atoms with E-state index in [0.717, 1.165) is 13.1 Å². The molecule has 0 aliphatic carbocycles. The van der Waals surface area contributed by atoms with Crippen molar-refractivity contribution in [2.45, 2.75) is 25.8 Å². The number of hydrogen-bond donors (Lipinski definition) is 1. The van der Waals surface area contributed by atoms with Crippen LogP contribution in [0.15, 0.2) is 48.8 Å². The minimum atomic E-state index is 0.620. The Morgan fingerprint density at radius 1 is 1.17 bits per heavy atom. The van der Waals surface area contributed by atoms with E-state index in [1.165, 1.54) is 17.5 Å². The quantitative estimate of drug-likeness (QED) is 0.769. The first-order valence-electron chi connectivity index (χ1n) is 6.62. The number of rotatable bonds is 6. The highest BCUT2D eigenvalue weighted by Gasteiger charge is 2.03. The summed E-state index contributed by atoms with van der Waals surface area (Å²) in [6, 6.07) is 12.9. The van der Waals surface area contributed by atoms with E-state index < -0.39 is 0 Å². The Bertz CT molecular complexity index is 459. The lowest BCUT2D eigenvalue weighted by Crippen LogP contribution is -2.16. The lowest BCUT2D eigenvalue weighted by atomic mass is 9.98. The Morgan fingerprint density at radius 3 is 2.61 bits per heavy atom. The maximum absolute atomic E-state index is 3.50. The summed E-state index contributed by atoms with van der Waals surface area (Å²) < 4.78 is 2.09. The van der Waals surface area contributed by atoms with Gasteiger partial charge in [-0.3, -0.25) is 0 Å². The number of hydrogen-bond acceptors (Lipinski definition) is 1. The van der Waals surface area contributed by atoms with Crippen molar-refractivity contribution in [3.63, 3.8) is 0 Å². The fourth-order valence-corrected chi connectivity index (χ4v) is 2.17. The van der Waals surface area contributed by atoms with E-state index >= 15 is 0 Å². The van der Waals surface area contributed by atoms with Gasteiger partial charge < -0.3 is 9.88 Å². The van der Waals surface area contributed by atoms with Crippen molar-refractivity contribution >= 4 is 0 Å². The number of benzene rings is 1. The highest BCUT2D eigenvalue weighted by Crippen LogP contribution is 2.17. The zero-order chi connectivity index (χ0) is 12.8. The molecule has 1 unspecified atom stereocenters. The summed E-state index contributed by atoms with van der Waals surface area (Å²) in [4.78, 5) is 0. The SMILES string of the molecule is CC(CCNCc1ccn(C)c1)c1ccccc1. The van der Waals surface area contributed by atoms with Crippen molar-refractivity contribution < 1.29 is 0 Å². The topological polar surface area (TPSA) is 17.0 Å². The number of aromatic nitrogens is 1. The highest BCUT2D eigenvalue weighted by atomic mass is 14.9. The molecule has 0 amide bonds. The van der Waals surface area contributed by atoms with Gasteiger partial charge >= 0.3 is 0 Å². The van der Waals surface area contributed by atoms with Crippen molar-refractivity contribution in [3.8, 4) is 0 Å². The average molecular weight is 242 g/mol. The van der Waals surface area contributed by atoms with E-state index in [-0.39, 0.29) is 0 Å². The van der Waals surface area contributed by atoms with Gasteiger partial charge in [0.15, 0.2) is 0 Å². The van der Waals surface area contributed by atoms with E-state index in [2.05, 4.69) is 72.6 Å². The maximum Gasteiger partial charge on any atom is 0.0220 e. The van der Waals surface area contributed by atoms with E-state index in [9.17, 15) is 0 Å². The molecular formula is C16H22N2. The molecule has 1 heterocycles. The van der Waals surface area contributed by atoms with E-state index in [1.54, 1.807) is 0 Å².